The van der Waals surface area contributed by atoms with E-state index in [9.17, 15) is 28.8 Å². The van der Waals surface area contributed by atoms with Crippen molar-refractivity contribution >= 4 is 68.3 Å². The van der Waals surface area contributed by atoms with Crippen molar-refractivity contribution in [1.29, 1.82) is 0 Å². The summed E-state index contributed by atoms with van der Waals surface area (Å²) < 4.78 is 40.5. The molecule has 2 aliphatic carbocycles. The van der Waals surface area contributed by atoms with Crippen molar-refractivity contribution in [3.05, 3.63) is 133 Å². The summed E-state index contributed by atoms with van der Waals surface area (Å²) in [7, 11) is 0. The van der Waals surface area contributed by atoms with Crippen LogP contribution < -0.4 is 24.0 Å². The van der Waals surface area contributed by atoms with Gasteiger partial charge in [0.2, 0.25) is 5.13 Å². The Kier molecular flexibility index (Phi) is 27.3. The second-order valence-corrected chi connectivity index (χ2v) is 22.7. The summed E-state index contributed by atoms with van der Waals surface area (Å²) in [5.41, 5.74) is 3.08. The molecule has 0 radical (unpaired) electrons. The molecule has 17 heteroatoms. The minimum atomic E-state index is -0.408. The number of unbranched alkanes of at least 4 members (excludes halogenated alkanes) is 7. The summed E-state index contributed by atoms with van der Waals surface area (Å²) in [6, 6.07) is 28.1. The second-order valence-electron chi connectivity index (χ2n) is 21.7. The van der Waals surface area contributed by atoms with Crippen molar-refractivity contribution in [3.63, 3.8) is 0 Å². The summed E-state index contributed by atoms with van der Waals surface area (Å²) >= 11 is 1.54. The number of esters is 4. The Balaban J connectivity index is 0.916. The molecule has 2 saturated carbocycles. The number of ether oxygens (including phenoxy) is 7. The lowest BCUT2D eigenvalue weighted by atomic mass is 9.79. The number of para-hydroxylation sites is 1. The molecule has 16 nitrogen and oxygen atoms in total. The number of carbonyl (C=O) groups excluding carboxylic acids is 6. The third-order valence-corrected chi connectivity index (χ3v) is 16.5. The fourth-order valence-corrected chi connectivity index (χ4v) is 11.4. The maximum absolute atomic E-state index is 14.0. The summed E-state index contributed by atoms with van der Waals surface area (Å²) in [5.74, 6) is -0.145. The van der Waals surface area contributed by atoms with Gasteiger partial charge in [0.15, 0.2) is 0 Å². The first-order chi connectivity index (χ1) is 41.5. The van der Waals surface area contributed by atoms with Gasteiger partial charge in [-0.3, -0.25) is 19.2 Å². The molecule has 454 valence electrons. The minimum absolute atomic E-state index is 0.0772. The first-order valence-electron chi connectivity index (χ1n) is 30.4. The molecule has 0 N–H and O–H groups in total. The van der Waals surface area contributed by atoms with Crippen molar-refractivity contribution in [2.45, 2.75) is 135 Å². The van der Waals surface area contributed by atoms with Crippen molar-refractivity contribution < 1.29 is 61.9 Å². The Morgan fingerprint density at radius 3 is 1.62 bits per heavy atom. The van der Waals surface area contributed by atoms with Gasteiger partial charge in [-0.25, -0.2) is 19.6 Å². The molecule has 0 unspecified atom stereocenters. The van der Waals surface area contributed by atoms with Gasteiger partial charge >= 0.3 is 23.9 Å². The monoisotopic (exact) mass is 1180 g/mol. The average Bonchev–Trinajstić information content (AvgIpc) is 4.05. The van der Waals surface area contributed by atoms with Crippen LogP contribution in [0, 0.1) is 23.7 Å². The number of Topliss-reactive ketones (excluding diaryl/α,β-unsaturated/α-hetero) is 2. The zero-order valence-corrected chi connectivity index (χ0v) is 50.1. The van der Waals surface area contributed by atoms with Crippen LogP contribution in [0.3, 0.4) is 0 Å². The number of thiazole rings is 1. The summed E-state index contributed by atoms with van der Waals surface area (Å²) in [5, 5.41) is 7.57. The molecule has 0 aliphatic heterocycles. The lowest BCUT2D eigenvalue weighted by molar-refractivity contribution is -0.141. The number of ketones is 2. The van der Waals surface area contributed by atoms with E-state index in [-0.39, 0.29) is 53.6 Å². The minimum Gasteiger partial charge on any atom is -0.494 e. The van der Waals surface area contributed by atoms with Crippen LogP contribution in [0.15, 0.2) is 121 Å². The van der Waals surface area contributed by atoms with Gasteiger partial charge in [-0.15, -0.1) is 0 Å². The maximum Gasteiger partial charge on any atom is 0.330 e. The van der Waals surface area contributed by atoms with Crippen molar-refractivity contribution in [3.8, 4) is 23.0 Å². The van der Waals surface area contributed by atoms with Crippen molar-refractivity contribution in [2.24, 2.45) is 28.8 Å². The molecular formula is C68H83N3O13S. The van der Waals surface area contributed by atoms with E-state index in [2.05, 4.69) is 13.2 Å². The van der Waals surface area contributed by atoms with Crippen LogP contribution in [0.2, 0.25) is 0 Å². The van der Waals surface area contributed by atoms with Gasteiger partial charge in [0.05, 0.1) is 54.7 Å². The predicted molar refractivity (Wildman–Crippen MR) is 329 cm³/mol. The Morgan fingerprint density at radius 2 is 1.06 bits per heavy atom. The number of benzene rings is 4. The normalized spacial score (nSPS) is 16.7. The van der Waals surface area contributed by atoms with E-state index in [1.54, 1.807) is 47.9 Å². The van der Waals surface area contributed by atoms with Crippen molar-refractivity contribution in [1.82, 2.24) is 4.98 Å². The van der Waals surface area contributed by atoms with E-state index in [4.69, 9.17) is 43.2 Å². The van der Waals surface area contributed by atoms with Gasteiger partial charge in [-0.05, 0) is 194 Å². The fraction of sp³-hybridized carbons (Fsp3) is 0.471. The van der Waals surface area contributed by atoms with Gasteiger partial charge in [0.1, 0.15) is 34.6 Å². The van der Waals surface area contributed by atoms with E-state index in [1.807, 2.05) is 72.6 Å². The molecular weight excluding hydrogens is 1100 g/mol. The molecule has 0 spiro atoms. The summed E-state index contributed by atoms with van der Waals surface area (Å²) in [6.45, 7) is 12.5. The van der Waals surface area contributed by atoms with E-state index >= 15 is 0 Å². The largest absolute Gasteiger partial charge is 0.494 e. The number of carbonyl (C=O) groups is 6. The third-order valence-electron chi connectivity index (χ3n) is 15.4. The molecule has 2 fully saturated rings. The highest BCUT2D eigenvalue weighted by molar-refractivity contribution is 7.22. The second kappa shape index (κ2) is 35.7. The number of nitrogens with zero attached hydrogens (tertiary/aromatic N) is 3. The molecule has 0 atom stereocenters. The van der Waals surface area contributed by atoms with E-state index in [0.717, 1.165) is 103 Å². The maximum atomic E-state index is 14.0. The third kappa shape index (κ3) is 22.1. The molecule has 0 amide bonds. The average molecular weight is 1180 g/mol. The molecule has 2 aliphatic rings. The van der Waals surface area contributed by atoms with Crippen LogP contribution in [0.4, 0.5) is 5.13 Å². The van der Waals surface area contributed by atoms with E-state index in [1.165, 1.54) is 6.08 Å². The molecule has 5 aromatic rings. The Hall–Kier alpha value is -7.50. The Bertz CT molecular complexity index is 2940. The molecule has 85 heavy (non-hydrogen) atoms. The van der Waals surface area contributed by atoms with Gasteiger partial charge in [0, 0.05) is 62.2 Å². The van der Waals surface area contributed by atoms with Gasteiger partial charge in [-0.2, -0.15) is 5.10 Å². The highest BCUT2D eigenvalue weighted by Gasteiger charge is 2.33. The van der Waals surface area contributed by atoms with Crippen LogP contribution in [0.25, 0.3) is 10.2 Å². The van der Waals surface area contributed by atoms with Crippen LogP contribution >= 0.6 is 11.3 Å². The van der Waals surface area contributed by atoms with Crippen LogP contribution in [0.5, 0.6) is 23.0 Å². The van der Waals surface area contributed by atoms with Crippen LogP contribution in [-0.2, 0) is 55.8 Å². The zero-order chi connectivity index (χ0) is 60.0. The number of aromatic nitrogens is 1. The SMILES string of the molecule is C=CC(=O)OCCCCCCOc1ccc(CC(=O)C2CCC(C(=O)Oc3ccc(CC(=O)C4CCC(C(=O)Oc5ccc(OCCCCCCOC(=O)C=C)cc5)CC4)cc3/C=N/N(CCCCOCC)c3nc4ccccc4s3)CC2)cc1. The number of anilines is 1. The lowest BCUT2D eigenvalue weighted by Crippen LogP contribution is -2.29. The van der Waals surface area contributed by atoms with Gasteiger partial charge < -0.3 is 33.2 Å². The smallest absolute Gasteiger partial charge is 0.330 e. The first-order valence-corrected chi connectivity index (χ1v) is 31.2. The molecule has 0 bridgehead atoms. The first kappa shape index (κ1) is 65.1. The zero-order valence-electron chi connectivity index (χ0n) is 49.3. The summed E-state index contributed by atoms with van der Waals surface area (Å²) in [4.78, 5) is 82.2. The standard InChI is InChI=1S/C68H83N3O13S/c1-4-64(74)81-43-16-9-7-14-41-79-56-32-21-49(22-33-56)46-60(72)51-26-30-54(31-27-51)67(77)84-62-38-23-50(45-55(62)48-69-71(39-13-18-40-78-6-3)68-70-59-19-11-12-20-63(59)85-68)47-61(73)52-24-28-53(29-25-52)66(76)83-58-36-34-57(35-37-58)80-42-15-8-10-17-44-82-65(75)5-2/h4-5,11-12,19-23,32-38,45,48,51-54H,1-2,6-10,13-18,24-31,39-44,46-47H2,3H3/b69-48+. The highest BCUT2D eigenvalue weighted by Crippen LogP contribution is 2.35. The van der Waals surface area contributed by atoms with Crippen LogP contribution in [0.1, 0.15) is 139 Å². The Labute approximate surface area is 504 Å². The van der Waals surface area contributed by atoms with Gasteiger partial charge in [0.25, 0.3) is 0 Å². The number of rotatable bonds is 37. The number of hydrogen-bond donors (Lipinski definition) is 0. The molecule has 0 saturated heterocycles. The van der Waals surface area contributed by atoms with E-state index in [0.29, 0.717) is 127 Å². The molecule has 1 heterocycles. The highest BCUT2D eigenvalue weighted by atomic mass is 32.1. The fourth-order valence-electron chi connectivity index (χ4n) is 10.5. The molecule has 1 aromatic heterocycles. The predicted octanol–water partition coefficient (Wildman–Crippen LogP) is 13.3. The quantitative estimate of drug-likeness (QED) is 0.00909. The lowest BCUT2D eigenvalue weighted by Gasteiger charge is -2.27. The molecule has 7 rings (SSSR count). The number of hydrazone groups is 1. The number of fused-ring (bicyclic) bond motifs is 1. The van der Waals surface area contributed by atoms with Crippen molar-refractivity contribution in [2.75, 3.05) is 51.2 Å². The number of hydrogen-bond acceptors (Lipinski definition) is 17. The topological polar surface area (TPSA) is 196 Å². The summed E-state index contributed by atoms with van der Waals surface area (Å²) in [6.07, 6.45) is 17.6. The van der Waals surface area contributed by atoms with Gasteiger partial charge in [-0.1, -0.05) is 54.8 Å². The molecule has 4 aromatic carbocycles. The van der Waals surface area contributed by atoms with E-state index < -0.39 is 11.9 Å². The van der Waals surface area contributed by atoms with Crippen LogP contribution in [-0.4, -0.2) is 92.8 Å². The Morgan fingerprint density at radius 1 is 0.565 bits per heavy atom.